The highest BCUT2D eigenvalue weighted by Crippen LogP contribution is 2.13. The zero-order valence-corrected chi connectivity index (χ0v) is 14.3. The Morgan fingerprint density at radius 3 is 2.50 bits per heavy atom. The van der Waals surface area contributed by atoms with E-state index in [-0.39, 0.29) is 0 Å². The minimum atomic E-state index is -3.40. The van der Waals surface area contributed by atoms with Crippen LogP contribution < -0.4 is 0 Å². The summed E-state index contributed by atoms with van der Waals surface area (Å²) in [5, 5.41) is 5.15. The van der Waals surface area contributed by atoms with Crippen molar-refractivity contribution >= 4 is 16.1 Å². The van der Waals surface area contributed by atoms with Crippen molar-refractivity contribution in [3.8, 4) is 0 Å². The zero-order chi connectivity index (χ0) is 17.0. The van der Waals surface area contributed by atoms with Crippen LogP contribution in [-0.2, 0) is 16.6 Å². The minimum absolute atomic E-state index is 0.457. The predicted molar refractivity (Wildman–Crippen MR) is 90.3 cm³/mol. The molecular weight excluding hydrogens is 328 g/mol. The highest BCUT2D eigenvalue weighted by atomic mass is 32.2. The summed E-state index contributed by atoms with van der Waals surface area (Å²) in [6.45, 7) is 4.53. The van der Waals surface area contributed by atoms with Crippen molar-refractivity contribution in [2.75, 3.05) is 26.2 Å². The predicted octanol–water partition coefficient (Wildman–Crippen LogP) is 1.50. The summed E-state index contributed by atoms with van der Waals surface area (Å²) in [7, 11) is -3.40. The molecule has 0 N–H and O–H groups in total. The van der Waals surface area contributed by atoms with Crippen LogP contribution in [0.5, 0.6) is 0 Å². The molecule has 7 nitrogen and oxygen atoms in total. The fourth-order valence-electron chi connectivity index (χ4n) is 2.56. The zero-order valence-electron chi connectivity index (χ0n) is 13.5. The van der Waals surface area contributed by atoms with E-state index in [1.165, 1.54) is 9.71 Å². The lowest BCUT2D eigenvalue weighted by molar-refractivity contribution is 0.177. The van der Waals surface area contributed by atoms with E-state index >= 15 is 0 Å². The number of hydrogen-bond acceptors (Lipinski definition) is 6. The van der Waals surface area contributed by atoms with E-state index in [0.717, 1.165) is 5.56 Å². The second-order valence-corrected chi connectivity index (χ2v) is 7.48. The SMILES string of the molecule is Cc1nc(CN2CCN(S(=O)(=O)/C=C/c3ccccc3)CC2)no1. The molecule has 0 atom stereocenters. The van der Waals surface area contributed by atoms with Gasteiger partial charge in [0.25, 0.3) is 0 Å². The molecule has 0 saturated carbocycles. The van der Waals surface area contributed by atoms with E-state index in [9.17, 15) is 8.42 Å². The van der Waals surface area contributed by atoms with Crippen LogP contribution >= 0.6 is 0 Å². The van der Waals surface area contributed by atoms with Crippen molar-refractivity contribution in [1.82, 2.24) is 19.3 Å². The Bertz CT molecular complexity index is 794. The molecule has 0 aliphatic carbocycles. The van der Waals surface area contributed by atoms with Crippen LogP contribution in [0.2, 0.25) is 0 Å². The molecular formula is C16H20N4O3S. The van der Waals surface area contributed by atoms with Crippen molar-refractivity contribution in [1.29, 1.82) is 0 Å². The molecule has 0 spiro atoms. The molecule has 1 aromatic heterocycles. The van der Waals surface area contributed by atoms with E-state index in [1.807, 2.05) is 30.3 Å². The quantitative estimate of drug-likeness (QED) is 0.815. The molecule has 1 saturated heterocycles. The summed E-state index contributed by atoms with van der Waals surface area (Å²) in [4.78, 5) is 6.30. The largest absolute Gasteiger partial charge is 0.340 e. The fourth-order valence-corrected chi connectivity index (χ4v) is 3.74. The molecule has 0 radical (unpaired) electrons. The van der Waals surface area contributed by atoms with Gasteiger partial charge in [0.2, 0.25) is 15.9 Å². The molecule has 2 aromatic rings. The Kier molecular flexibility index (Phi) is 5.08. The van der Waals surface area contributed by atoms with Gasteiger partial charge in [0.05, 0.1) is 6.54 Å². The van der Waals surface area contributed by atoms with Crippen LogP contribution in [0.25, 0.3) is 6.08 Å². The van der Waals surface area contributed by atoms with Crippen LogP contribution in [0.15, 0.2) is 40.3 Å². The van der Waals surface area contributed by atoms with Gasteiger partial charge in [-0.05, 0) is 11.6 Å². The Morgan fingerprint density at radius 1 is 1.17 bits per heavy atom. The Balaban J connectivity index is 1.56. The van der Waals surface area contributed by atoms with E-state index in [1.54, 1.807) is 13.0 Å². The van der Waals surface area contributed by atoms with Crippen molar-refractivity contribution in [3.63, 3.8) is 0 Å². The van der Waals surface area contributed by atoms with Gasteiger partial charge in [-0.2, -0.15) is 9.29 Å². The van der Waals surface area contributed by atoms with Gasteiger partial charge in [-0.3, -0.25) is 4.90 Å². The van der Waals surface area contributed by atoms with Gasteiger partial charge in [0, 0.05) is 38.5 Å². The van der Waals surface area contributed by atoms with E-state index in [0.29, 0.717) is 44.4 Å². The average molecular weight is 348 g/mol. The molecule has 0 amide bonds. The van der Waals surface area contributed by atoms with Crippen LogP contribution in [0.1, 0.15) is 17.3 Å². The summed E-state index contributed by atoms with van der Waals surface area (Å²) >= 11 is 0. The average Bonchev–Trinajstić information content (AvgIpc) is 2.99. The first-order chi connectivity index (χ1) is 11.5. The molecule has 1 fully saturated rings. The summed E-state index contributed by atoms with van der Waals surface area (Å²) in [6.07, 6.45) is 1.63. The maximum atomic E-state index is 12.4. The molecule has 128 valence electrons. The van der Waals surface area contributed by atoms with Crippen molar-refractivity contribution in [2.45, 2.75) is 13.5 Å². The van der Waals surface area contributed by atoms with Crippen LogP contribution in [0.4, 0.5) is 0 Å². The van der Waals surface area contributed by atoms with E-state index < -0.39 is 10.0 Å². The number of rotatable bonds is 5. The molecule has 0 bridgehead atoms. The lowest BCUT2D eigenvalue weighted by atomic mass is 10.2. The monoisotopic (exact) mass is 348 g/mol. The van der Waals surface area contributed by atoms with Gasteiger partial charge in [0.15, 0.2) is 5.82 Å². The number of aryl methyl sites for hydroxylation is 1. The molecule has 1 aliphatic rings. The summed E-state index contributed by atoms with van der Waals surface area (Å²) in [6, 6.07) is 9.40. The van der Waals surface area contributed by atoms with E-state index in [2.05, 4.69) is 15.0 Å². The third-order valence-electron chi connectivity index (χ3n) is 3.86. The van der Waals surface area contributed by atoms with Crippen molar-refractivity contribution < 1.29 is 12.9 Å². The van der Waals surface area contributed by atoms with E-state index in [4.69, 9.17) is 4.52 Å². The summed E-state index contributed by atoms with van der Waals surface area (Å²) in [5.41, 5.74) is 0.868. The van der Waals surface area contributed by atoms with Gasteiger partial charge in [-0.15, -0.1) is 0 Å². The smallest absolute Gasteiger partial charge is 0.236 e. The molecule has 2 heterocycles. The second-order valence-electron chi connectivity index (χ2n) is 5.66. The number of nitrogens with zero attached hydrogens (tertiary/aromatic N) is 4. The first-order valence-corrected chi connectivity index (χ1v) is 9.28. The Labute approximate surface area is 141 Å². The fraction of sp³-hybridized carbons (Fsp3) is 0.375. The maximum absolute atomic E-state index is 12.4. The highest BCUT2D eigenvalue weighted by Gasteiger charge is 2.25. The maximum Gasteiger partial charge on any atom is 0.236 e. The third kappa shape index (κ3) is 4.28. The van der Waals surface area contributed by atoms with Crippen LogP contribution in [-0.4, -0.2) is 53.9 Å². The molecule has 1 aromatic carbocycles. The normalized spacial score (nSPS) is 17.5. The summed E-state index contributed by atoms with van der Waals surface area (Å²) < 4.78 is 31.3. The minimum Gasteiger partial charge on any atom is -0.340 e. The Morgan fingerprint density at radius 2 is 1.88 bits per heavy atom. The standard InChI is InChI=1S/C16H20N4O3S/c1-14-17-16(18-23-14)13-19-8-10-20(11-9-19)24(21,22)12-7-15-5-3-2-4-6-15/h2-7,12H,8-11,13H2,1H3/b12-7+. The molecule has 1 aliphatic heterocycles. The number of piperazine rings is 1. The lowest BCUT2D eigenvalue weighted by Gasteiger charge is -2.32. The van der Waals surface area contributed by atoms with Gasteiger partial charge in [-0.25, -0.2) is 8.42 Å². The molecule has 8 heteroatoms. The molecule has 24 heavy (non-hydrogen) atoms. The summed E-state index contributed by atoms with van der Waals surface area (Å²) in [5.74, 6) is 1.17. The lowest BCUT2D eigenvalue weighted by Crippen LogP contribution is -2.47. The van der Waals surface area contributed by atoms with Gasteiger partial charge >= 0.3 is 0 Å². The van der Waals surface area contributed by atoms with Gasteiger partial charge in [0.1, 0.15) is 0 Å². The van der Waals surface area contributed by atoms with Crippen LogP contribution in [0, 0.1) is 6.92 Å². The number of aromatic nitrogens is 2. The number of benzene rings is 1. The number of sulfonamides is 1. The third-order valence-corrected chi connectivity index (χ3v) is 5.42. The van der Waals surface area contributed by atoms with Crippen molar-refractivity contribution in [3.05, 3.63) is 53.0 Å². The second kappa shape index (κ2) is 7.25. The van der Waals surface area contributed by atoms with Gasteiger partial charge in [-0.1, -0.05) is 35.5 Å². The van der Waals surface area contributed by atoms with Gasteiger partial charge < -0.3 is 4.52 Å². The topological polar surface area (TPSA) is 79.5 Å². The van der Waals surface area contributed by atoms with Crippen molar-refractivity contribution in [2.24, 2.45) is 0 Å². The first kappa shape index (κ1) is 16.8. The van der Waals surface area contributed by atoms with Crippen LogP contribution in [0.3, 0.4) is 0 Å². The highest BCUT2D eigenvalue weighted by molar-refractivity contribution is 7.92. The number of hydrogen-bond donors (Lipinski definition) is 0. The first-order valence-electron chi connectivity index (χ1n) is 7.78. The molecule has 3 rings (SSSR count). The Hall–Kier alpha value is -2.03. The molecule has 0 unspecified atom stereocenters.